The second-order valence-corrected chi connectivity index (χ2v) is 5.16. The molecule has 0 saturated carbocycles. The van der Waals surface area contributed by atoms with E-state index in [0.717, 1.165) is 25.1 Å². The van der Waals surface area contributed by atoms with Crippen molar-refractivity contribution in [2.24, 2.45) is 0 Å². The van der Waals surface area contributed by atoms with Crippen LogP contribution in [0.4, 0.5) is 0 Å². The van der Waals surface area contributed by atoms with Crippen molar-refractivity contribution in [2.75, 3.05) is 0 Å². The molecule has 1 N–H and O–H groups in total. The zero-order valence-corrected chi connectivity index (χ0v) is 11.2. The van der Waals surface area contributed by atoms with Crippen LogP contribution in [0.5, 0.6) is 5.75 Å². The van der Waals surface area contributed by atoms with E-state index in [9.17, 15) is 5.11 Å². The van der Waals surface area contributed by atoms with Crippen LogP contribution in [0.25, 0.3) is 0 Å². The first-order valence-corrected chi connectivity index (χ1v) is 6.88. The number of para-hydroxylation sites is 1. The summed E-state index contributed by atoms with van der Waals surface area (Å²) in [5, 5.41) is 10.1. The van der Waals surface area contributed by atoms with Crippen molar-refractivity contribution >= 4 is 0 Å². The molecule has 98 valence electrons. The molecule has 0 aliphatic carbocycles. The van der Waals surface area contributed by atoms with Crippen LogP contribution in [0.15, 0.2) is 48.5 Å². The van der Waals surface area contributed by atoms with E-state index in [-0.39, 0.29) is 6.04 Å². The minimum absolute atomic E-state index is 0.286. The number of hydrogen-bond acceptors (Lipinski definition) is 2. The van der Waals surface area contributed by atoms with Crippen LogP contribution in [0.1, 0.15) is 36.1 Å². The van der Waals surface area contributed by atoms with Gasteiger partial charge in [-0.1, -0.05) is 49.4 Å². The summed E-state index contributed by atoms with van der Waals surface area (Å²) in [5.41, 5.74) is 3.87. The van der Waals surface area contributed by atoms with Gasteiger partial charge in [-0.15, -0.1) is 0 Å². The lowest BCUT2D eigenvalue weighted by Crippen LogP contribution is -2.22. The molecule has 0 spiro atoms. The first kappa shape index (κ1) is 12.2. The summed E-state index contributed by atoms with van der Waals surface area (Å²) in [6.45, 7) is 4.13. The van der Waals surface area contributed by atoms with Crippen molar-refractivity contribution in [3.8, 4) is 5.75 Å². The lowest BCUT2D eigenvalue weighted by atomic mass is 10.0. The first-order chi connectivity index (χ1) is 9.29. The van der Waals surface area contributed by atoms with E-state index in [4.69, 9.17) is 0 Å². The maximum absolute atomic E-state index is 10.1. The third kappa shape index (κ3) is 2.24. The van der Waals surface area contributed by atoms with Crippen LogP contribution in [0.2, 0.25) is 0 Å². The highest BCUT2D eigenvalue weighted by Gasteiger charge is 2.26. The highest BCUT2D eigenvalue weighted by atomic mass is 16.3. The SMILES string of the molecule is CCC(c1ccccc1O)N1Cc2ccccc2C1. The molecule has 0 saturated heterocycles. The van der Waals surface area contributed by atoms with Crippen LogP contribution in [-0.4, -0.2) is 10.0 Å². The summed E-state index contributed by atoms with van der Waals surface area (Å²) >= 11 is 0. The minimum atomic E-state index is 0.286. The molecule has 0 aromatic heterocycles. The van der Waals surface area contributed by atoms with E-state index in [1.165, 1.54) is 11.1 Å². The normalized spacial score (nSPS) is 16.3. The molecule has 1 heterocycles. The average Bonchev–Trinajstić information content (AvgIpc) is 2.85. The number of phenols is 1. The van der Waals surface area contributed by atoms with Crippen molar-refractivity contribution in [3.63, 3.8) is 0 Å². The number of phenolic OH excluding ortho intramolecular Hbond substituents is 1. The maximum Gasteiger partial charge on any atom is 0.120 e. The zero-order chi connectivity index (χ0) is 13.2. The number of fused-ring (bicyclic) bond motifs is 1. The van der Waals surface area contributed by atoms with Gasteiger partial charge in [0.1, 0.15) is 5.75 Å². The number of aromatic hydroxyl groups is 1. The summed E-state index contributed by atoms with van der Waals surface area (Å²) < 4.78 is 0. The Labute approximate surface area is 114 Å². The highest BCUT2D eigenvalue weighted by Crippen LogP contribution is 2.36. The third-order valence-corrected chi connectivity index (χ3v) is 3.99. The quantitative estimate of drug-likeness (QED) is 0.898. The van der Waals surface area contributed by atoms with Crippen LogP contribution >= 0.6 is 0 Å². The molecular weight excluding hydrogens is 234 g/mol. The molecule has 0 amide bonds. The van der Waals surface area contributed by atoms with Crippen molar-refractivity contribution < 1.29 is 5.11 Å². The minimum Gasteiger partial charge on any atom is -0.508 e. The van der Waals surface area contributed by atoms with E-state index in [1.54, 1.807) is 6.07 Å². The largest absolute Gasteiger partial charge is 0.508 e. The second-order valence-electron chi connectivity index (χ2n) is 5.16. The van der Waals surface area contributed by atoms with E-state index in [0.29, 0.717) is 5.75 Å². The summed E-state index contributed by atoms with van der Waals surface area (Å²) in [6, 6.07) is 16.6. The Hall–Kier alpha value is -1.80. The average molecular weight is 253 g/mol. The monoisotopic (exact) mass is 253 g/mol. The summed E-state index contributed by atoms with van der Waals surface area (Å²) in [6.07, 6.45) is 1.01. The van der Waals surface area contributed by atoms with Gasteiger partial charge in [-0.3, -0.25) is 4.90 Å². The first-order valence-electron chi connectivity index (χ1n) is 6.88. The molecule has 1 unspecified atom stereocenters. The molecular formula is C17H19NO. The van der Waals surface area contributed by atoms with Gasteiger partial charge in [0.2, 0.25) is 0 Å². The molecule has 2 aromatic carbocycles. The fourth-order valence-corrected chi connectivity index (χ4v) is 3.02. The molecule has 2 aromatic rings. The summed E-state index contributed by atoms with van der Waals surface area (Å²) in [7, 11) is 0. The van der Waals surface area contributed by atoms with Crippen LogP contribution < -0.4 is 0 Å². The fraction of sp³-hybridized carbons (Fsp3) is 0.294. The van der Waals surface area contributed by atoms with Gasteiger partial charge in [0, 0.05) is 24.7 Å². The predicted octanol–water partition coefficient (Wildman–Crippen LogP) is 3.86. The smallest absolute Gasteiger partial charge is 0.120 e. The Morgan fingerprint density at radius 2 is 1.58 bits per heavy atom. The van der Waals surface area contributed by atoms with Crippen molar-refractivity contribution in [3.05, 3.63) is 65.2 Å². The Morgan fingerprint density at radius 1 is 1.00 bits per heavy atom. The van der Waals surface area contributed by atoms with Gasteiger partial charge in [-0.05, 0) is 23.6 Å². The maximum atomic E-state index is 10.1. The van der Waals surface area contributed by atoms with E-state index < -0.39 is 0 Å². The molecule has 1 aliphatic heterocycles. The Morgan fingerprint density at radius 3 is 2.16 bits per heavy atom. The fourth-order valence-electron chi connectivity index (χ4n) is 3.02. The van der Waals surface area contributed by atoms with Gasteiger partial charge < -0.3 is 5.11 Å². The topological polar surface area (TPSA) is 23.5 Å². The molecule has 0 bridgehead atoms. The number of nitrogens with zero attached hydrogens (tertiary/aromatic N) is 1. The Kier molecular flexibility index (Phi) is 3.26. The molecule has 3 rings (SSSR count). The summed E-state index contributed by atoms with van der Waals surface area (Å²) in [4.78, 5) is 2.44. The molecule has 2 heteroatoms. The highest BCUT2D eigenvalue weighted by molar-refractivity contribution is 5.36. The number of hydrogen-bond donors (Lipinski definition) is 1. The lowest BCUT2D eigenvalue weighted by Gasteiger charge is -2.27. The van der Waals surface area contributed by atoms with Gasteiger partial charge in [0.05, 0.1) is 0 Å². The zero-order valence-electron chi connectivity index (χ0n) is 11.2. The van der Waals surface area contributed by atoms with Crippen LogP contribution in [-0.2, 0) is 13.1 Å². The van der Waals surface area contributed by atoms with Gasteiger partial charge in [0.15, 0.2) is 0 Å². The summed E-state index contributed by atoms with van der Waals surface area (Å²) in [5.74, 6) is 0.408. The van der Waals surface area contributed by atoms with Gasteiger partial charge in [-0.2, -0.15) is 0 Å². The molecule has 1 atom stereocenters. The molecule has 1 aliphatic rings. The Bertz CT molecular complexity index is 554. The molecule has 2 nitrogen and oxygen atoms in total. The van der Waals surface area contributed by atoms with Crippen LogP contribution in [0, 0.1) is 0 Å². The predicted molar refractivity (Wildman–Crippen MR) is 76.8 cm³/mol. The standard InChI is InChI=1S/C17H19NO/c1-2-16(15-9-5-6-10-17(15)19)18-11-13-7-3-4-8-14(13)12-18/h3-10,16,19H,2,11-12H2,1H3. The van der Waals surface area contributed by atoms with Crippen molar-refractivity contribution in [1.82, 2.24) is 4.90 Å². The molecule has 19 heavy (non-hydrogen) atoms. The van der Waals surface area contributed by atoms with Gasteiger partial charge in [0.25, 0.3) is 0 Å². The van der Waals surface area contributed by atoms with Gasteiger partial charge >= 0.3 is 0 Å². The van der Waals surface area contributed by atoms with Crippen molar-refractivity contribution in [1.29, 1.82) is 0 Å². The lowest BCUT2D eigenvalue weighted by molar-refractivity contribution is 0.191. The third-order valence-electron chi connectivity index (χ3n) is 3.99. The van der Waals surface area contributed by atoms with E-state index in [2.05, 4.69) is 36.1 Å². The second kappa shape index (κ2) is 5.06. The van der Waals surface area contributed by atoms with Crippen molar-refractivity contribution in [2.45, 2.75) is 32.5 Å². The number of rotatable bonds is 3. The van der Waals surface area contributed by atoms with Gasteiger partial charge in [-0.25, -0.2) is 0 Å². The Balaban J connectivity index is 1.88. The molecule has 0 radical (unpaired) electrons. The molecule has 0 fully saturated rings. The van der Waals surface area contributed by atoms with E-state index >= 15 is 0 Å². The van der Waals surface area contributed by atoms with E-state index in [1.807, 2.05) is 18.2 Å². The number of benzene rings is 2. The van der Waals surface area contributed by atoms with Crippen LogP contribution in [0.3, 0.4) is 0 Å².